The van der Waals surface area contributed by atoms with Gasteiger partial charge < -0.3 is 5.73 Å². The quantitative estimate of drug-likeness (QED) is 0.919. The lowest BCUT2D eigenvalue weighted by Gasteiger charge is -2.19. The van der Waals surface area contributed by atoms with E-state index in [0.29, 0.717) is 11.3 Å². The number of nitriles is 1. The van der Waals surface area contributed by atoms with E-state index in [2.05, 4.69) is 4.98 Å². The Bertz CT molecular complexity index is 764. The van der Waals surface area contributed by atoms with E-state index in [4.69, 9.17) is 11.0 Å². The third-order valence-electron chi connectivity index (χ3n) is 2.76. The molecule has 0 bridgehead atoms. The Labute approximate surface area is 117 Å². The third kappa shape index (κ3) is 2.55. The minimum absolute atomic E-state index is 0.0385. The topological polar surface area (TPSA) is 100 Å². The standard InChI is InChI=1S/C13H12N4O2S/c1-17(11-4-2-3-10(7-11)8-14)20(18,19)12-5-6-13(15)16-9-12/h2-7,9H,1H3,(H2,15,16). The molecule has 2 aromatic rings. The highest BCUT2D eigenvalue weighted by atomic mass is 32.2. The molecular weight excluding hydrogens is 276 g/mol. The molecule has 1 aromatic carbocycles. The number of nitrogens with zero attached hydrogens (tertiary/aromatic N) is 3. The summed E-state index contributed by atoms with van der Waals surface area (Å²) in [6.07, 6.45) is 1.20. The van der Waals surface area contributed by atoms with Crippen molar-refractivity contribution in [3.63, 3.8) is 0 Å². The molecule has 7 heteroatoms. The van der Waals surface area contributed by atoms with Gasteiger partial charge in [0.15, 0.2) is 0 Å². The molecule has 0 radical (unpaired) electrons. The van der Waals surface area contributed by atoms with Gasteiger partial charge in [-0.15, -0.1) is 0 Å². The second kappa shape index (κ2) is 5.19. The molecule has 0 aliphatic rings. The molecule has 0 spiro atoms. The van der Waals surface area contributed by atoms with Crippen molar-refractivity contribution in [2.45, 2.75) is 4.90 Å². The summed E-state index contributed by atoms with van der Waals surface area (Å²) in [5.74, 6) is 0.248. The van der Waals surface area contributed by atoms with Crippen LogP contribution >= 0.6 is 0 Å². The van der Waals surface area contributed by atoms with Gasteiger partial charge in [0.25, 0.3) is 10.0 Å². The highest BCUT2D eigenvalue weighted by Crippen LogP contribution is 2.22. The molecule has 0 aliphatic heterocycles. The predicted octanol–water partition coefficient (Wildman–Crippen LogP) is 1.36. The minimum atomic E-state index is -3.73. The molecule has 2 N–H and O–H groups in total. The van der Waals surface area contributed by atoms with Crippen molar-refractivity contribution in [1.82, 2.24) is 4.98 Å². The minimum Gasteiger partial charge on any atom is -0.384 e. The lowest BCUT2D eigenvalue weighted by molar-refractivity contribution is 0.594. The number of hydrogen-bond acceptors (Lipinski definition) is 5. The normalized spacial score (nSPS) is 10.8. The van der Waals surface area contributed by atoms with Crippen molar-refractivity contribution >= 4 is 21.5 Å². The number of benzene rings is 1. The fourth-order valence-electron chi connectivity index (χ4n) is 1.61. The molecule has 2 rings (SSSR count). The van der Waals surface area contributed by atoms with Gasteiger partial charge in [-0.1, -0.05) is 6.07 Å². The lowest BCUT2D eigenvalue weighted by atomic mass is 10.2. The van der Waals surface area contributed by atoms with Gasteiger partial charge in [0, 0.05) is 13.2 Å². The van der Waals surface area contributed by atoms with E-state index >= 15 is 0 Å². The average molecular weight is 288 g/mol. The zero-order valence-electron chi connectivity index (χ0n) is 10.7. The van der Waals surface area contributed by atoms with Crippen molar-refractivity contribution in [3.8, 4) is 6.07 Å². The maximum Gasteiger partial charge on any atom is 0.265 e. The fourth-order valence-corrected chi connectivity index (χ4v) is 2.75. The van der Waals surface area contributed by atoms with Gasteiger partial charge in [-0.3, -0.25) is 4.31 Å². The van der Waals surface area contributed by atoms with Gasteiger partial charge in [-0.2, -0.15) is 5.26 Å². The first-order valence-electron chi connectivity index (χ1n) is 5.66. The maximum absolute atomic E-state index is 12.4. The molecule has 0 aliphatic carbocycles. The summed E-state index contributed by atoms with van der Waals surface area (Å²) in [5, 5.41) is 8.85. The number of nitrogens with two attached hydrogens (primary N) is 1. The molecule has 0 atom stereocenters. The largest absolute Gasteiger partial charge is 0.384 e. The van der Waals surface area contributed by atoms with E-state index < -0.39 is 10.0 Å². The molecular formula is C13H12N4O2S. The first kappa shape index (κ1) is 13.8. The Morgan fingerprint density at radius 3 is 2.65 bits per heavy atom. The molecule has 6 nitrogen and oxygen atoms in total. The van der Waals surface area contributed by atoms with E-state index in [9.17, 15) is 8.42 Å². The smallest absolute Gasteiger partial charge is 0.265 e. The average Bonchev–Trinajstić information content (AvgIpc) is 2.47. The summed E-state index contributed by atoms with van der Waals surface area (Å²) >= 11 is 0. The maximum atomic E-state index is 12.4. The first-order valence-corrected chi connectivity index (χ1v) is 7.10. The SMILES string of the molecule is CN(c1cccc(C#N)c1)S(=O)(=O)c1ccc(N)nc1. The predicted molar refractivity (Wildman–Crippen MR) is 75.4 cm³/mol. The van der Waals surface area contributed by atoms with Crippen LogP contribution in [0.25, 0.3) is 0 Å². The number of rotatable bonds is 3. The van der Waals surface area contributed by atoms with Crippen molar-refractivity contribution in [1.29, 1.82) is 5.26 Å². The second-order valence-corrected chi connectivity index (χ2v) is 6.02. The Kier molecular flexibility index (Phi) is 3.59. The first-order chi connectivity index (χ1) is 9.45. The molecule has 0 amide bonds. The van der Waals surface area contributed by atoms with Crippen LogP contribution in [-0.2, 0) is 10.0 Å². The van der Waals surface area contributed by atoms with Crippen LogP contribution in [0.4, 0.5) is 11.5 Å². The molecule has 0 saturated heterocycles. The van der Waals surface area contributed by atoms with Crippen LogP contribution in [0, 0.1) is 11.3 Å². The third-order valence-corrected chi connectivity index (χ3v) is 4.53. The molecule has 1 heterocycles. The second-order valence-electron chi connectivity index (χ2n) is 4.05. The Hall–Kier alpha value is -2.59. The number of nitrogen functional groups attached to an aromatic ring is 1. The molecule has 20 heavy (non-hydrogen) atoms. The summed E-state index contributed by atoms with van der Waals surface area (Å²) < 4.78 is 25.9. The van der Waals surface area contributed by atoms with Gasteiger partial charge in [0.05, 0.1) is 17.3 Å². The fraction of sp³-hybridized carbons (Fsp3) is 0.0769. The van der Waals surface area contributed by atoms with Crippen molar-refractivity contribution in [3.05, 3.63) is 48.2 Å². The van der Waals surface area contributed by atoms with Crippen LogP contribution in [0.1, 0.15) is 5.56 Å². The highest BCUT2D eigenvalue weighted by Gasteiger charge is 2.21. The summed E-state index contributed by atoms with van der Waals surface area (Å²) in [6.45, 7) is 0. The number of aromatic nitrogens is 1. The van der Waals surface area contributed by atoms with Crippen molar-refractivity contribution < 1.29 is 8.42 Å². The molecule has 102 valence electrons. The highest BCUT2D eigenvalue weighted by molar-refractivity contribution is 7.92. The lowest BCUT2D eigenvalue weighted by Crippen LogP contribution is -2.26. The van der Waals surface area contributed by atoms with Gasteiger partial charge in [-0.05, 0) is 30.3 Å². The van der Waals surface area contributed by atoms with Crippen LogP contribution in [-0.4, -0.2) is 20.4 Å². The van der Waals surface area contributed by atoms with Crippen LogP contribution in [0.2, 0.25) is 0 Å². The number of sulfonamides is 1. The van der Waals surface area contributed by atoms with Crippen molar-refractivity contribution in [2.75, 3.05) is 17.1 Å². The van der Waals surface area contributed by atoms with Crippen LogP contribution in [0.15, 0.2) is 47.5 Å². The van der Waals surface area contributed by atoms with Crippen molar-refractivity contribution in [2.24, 2.45) is 0 Å². The zero-order chi connectivity index (χ0) is 14.8. The van der Waals surface area contributed by atoms with E-state index in [1.165, 1.54) is 31.4 Å². The van der Waals surface area contributed by atoms with Gasteiger partial charge in [-0.25, -0.2) is 13.4 Å². The number of hydrogen-bond donors (Lipinski definition) is 1. The Morgan fingerprint density at radius 1 is 1.30 bits per heavy atom. The summed E-state index contributed by atoms with van der Waals surface area (Å²) in [4.78, 5) is 3.81. The Balaban J connectivity index is 2.43. The molecule has 0 saturated carbocycles. The van der Waals surface area contributed by atoms with Gasteiger partial charge >= 0.3 is 0 Å². The number of pyridine rings is 1. The van der Waals surface area contributed by atoms with Gasteiger partial charge in [0.1, 0.15) is 10.7 Å². The molecule has 0 fully saturated rings. The van der Waals surface area contributed by atoms with E-state index in [1.54, 1.807) is 18.2 Å². The molecule has 1 aromatic heterocycles. The number of anilines is 2. The zero-order valence-corrected chi connectivity index (χ0v) is 11.5. The van der Waals surface area contributed by atoms with Gasteiger partial charge in [0.2, 0.25) is 0 Å². The monoisotopic (exact) mass is 288 g/mol. The summed E-state index contributed by atoms with van der Waals surface area (Å²) in [7, 11) is -2.31. The van der Waals surface area contributed by atoms with Crippen LogP contribution in [0.3, 0.4) is 0 Å². The van der Waals surface area contributed by atoms with E-state index in [-0.39, 0.29) is 10.7 Å². The van der Waals surface area contributed by atoms with E-state index in [0.717, 1.165) is 4.31 Å². The summed E-state index contributed by atoms with van der Waals surface area (Å²) in [5.41, 5.74) is 6.23. The molecule has 0 unspecified atom stereocenters. The Morgan fingerprint density at radius 2 is 2.05 bits per heavy atom. The van der Waals surface area contributed by atoms with E-state index in [1.807, 2.05) is 6.07 Å². The summed E-state index contributed by atoms with van der Waals surface area (Å²) in [6, 6.07) is 11.1. The van der Waals surface area contributed by atoms with Crippen LogP contribution < -0.4 is 10.0 Å². The van der Waals surface area contributed by atoms with Crippen LogP contribution in [0.5, 0.6) is 0 Å².